The number of hydrogen-bond acceptors (Lipinski definition) is 4. The lowest BCUT2D eigenvalue weighted by atomic mass is 9.85. The Morgan fingerprint density at radius 2 is 2.00 bits per heavy atom. The van der Waals surface area contributed by atoms with Gasteiger partial charge in [0.2, 0.25) is 5.60 Å². The Morgan fingerprint density at radius 3 is 2.55 bits per heavy atom. The summed E-state index contributed by atoms with van der Waals surface area (Å²) in [4.78, 5) is 15.0. The predicted molar refractivity (Wildman–Crippen MR) is 84.2 cm³/mol. The molecule has 0 radical (unpaired) electrons. The molecule has 1 aromatic carbocycles. The number of hydrogen-bond donors (Lipinski definition) is 1. The van der Waals surface area contributed by atoms with E-state index < -0.39 is 11.6 Å². The molecular formula is C18H23NO3. The molecule has 1 N–H and O–H groups in total. The number of nitrogens with zero attached hydrogens (tertiary/aromatic N) is 1. The zero-order valence-corrected chi connectivity index (χ0v) is 12.9. The van der Waals surface area contributed by atoms with Crippen molar-refractivity contribution in [1.29, 1.82) is 0 Å². The van der Waals surface area contributed by atoms with E-state index in [1.165, 1.54) is 6.08 Å². The molecule has 0 aliphatic carbocycles. The molecule has 0 spiro atoms. The third kappa shape index (κ3) is 2.81. The van der Waals surface area contributed by atoms with Crippen molar-refractivity contribution in [3.63, 3.8) is 0 Å². The third-order valence-electron chi connectivity index (χ3n) is 4.79. The highest BCUT2D eigenvalue weighted by Crippen LogP contribution is 2.32. The van der Waals surface area contributed by atoms with Crippen LogP contribution in [0.1, 0.15) is 25.3 Å². The van der Waals surface area contributed by atoms with Gasteiger partial charge >= 0.3 is 5.97 Å². The van der Waals surface area contributed by atoms with Crippen molar-refractivity contribution in [3.8, 4) is 0 Å². The Hall–Kier alpha value is -1.65. The molecule has 4 nitrogen and oxygen atoms in total. The lowest BCUT2D eigenvalue weighted by Crippen LogP contribution is -2.53. The van der Waals surface area contributed by atoms with Crippen LogP contribution in [-0.2, 0) is 15.1 Å². The fraction of sp³-hybridized carbons (Fsp3) is 0.500. The first-order valence-electron chi connectivity index (χ1n) is 7.98. The van der Waals surface area contributed by atoms with Gasteiger partial charge < -0.3 is 9.84 Å². The standard InChI is InChI=1S/C18H23NO3/c1-2-10-18(21,15-6-4-3-5-7-15)17(20)22-16-13-19-11-8-14(16)9-12-19/h2-7,10,14,16,21H,8-9,11-13H2,1H3. The van der Waals surface area contributed by atoms with Crippen LogP contribution in [0.25, 0.3) is 0 Å². The Balaban J connectivity index is 1.79. The first-order valence-corrected chi connectivity index (χ1v) is 7.98. The van der Waals surface area contributed by atoms with Crippen LogP contribution in [0.3, 0.4) is 0 Å². The van der Waals surface area contributed by atoms with Gasteiger partial charge in [-0.15, -0.1) is 0 Å². The van der Waals surface area contributed by atoms with Crippen molar-refractivity contribution in [2.45, 2.75) is 31.5 Å². The second-order valence-electron chi connectivity index (χ2n) is 6.21. The Bertz CT molecular complexity index is 549. The molecule has 118 valence electrons. The molecule has 2 bridgehead atoms. The summed E-state index contributed by atoms with van der Waals surface area (Å²) in [5, 5.41) is 10.9. The zero-order chi connectivity index (χ0) is 15.6. The predicted octanol–water partition coefficient (Wildman–Crippen LogP) is 2.09. The summed E-state index contributed by atoms with van der Waals surface area (Å²) < 4.78 is 5.72. The van der Waals surface area contributed by atoms with Gasteiger partial charge in [-0.25, -0.2) is 4.79 Å². The van der Waals surface area contributed by atoms with Gasteiger partial charge in [0.05, 0.1) is 0 Å². The summed E-state index contributed by atoms with van der Waals surface area (Å²) in [7, 11) is 0. The molecule has 4 rings (SSSR count). The van der Waals surface area contributed by atoms with E-state index in [2.05, 4.69) is 4.90 Å². The van der Waals surface area contributed by atoms with Gasteiger partial charge in [-0.3, -0.25) is 4.90 Å². The second-order valence-corrected chi connectivity index (χ2v) is 6.21. The number of ether oxygens (including phenoxy) is 1. The van der Waals surface area contributed by atoms with E-state index in [4.69, 9.17) is 4.74 Å². The molecule has 0 amide bonds. The first kappa shape index (κ1) is 15.3. The molecule has 3 aliphatic rings. The van der Waals surface area contributed by atoms with Crippen molar-refractivity contribution >= 4 is 5.97 Å². The summed E-state index contributed by atoms with van der Waals surface area (Å²) in [6, 6.07) is 8.98. The van der Waals surface area contributed by atoms with E-state index in [9.17, 15) is 9.90 Å². The number of benzene rings is 1. The number of carbonyl (C=O) groups is 1. The van der Waals surface area contributed by atoms with E-state index in [0.29, 0.717) is 11.5 Å². The molecule has 1 aromatic rings. The minimum Gasteiger partial charge on any atom is -0.458 e. The molecule has 2 unspecified atom stereocenters. The summed E-state index contributed by atoms with van der Waals surface area (Å²) in [6.45, 7) is 4.76. The Morgan fingerprint density at radius 1 is 1.32 bits per heavy atom. The lowest BCUT2D eigenvalue weighted by Gasteiger charge is -2.44. The van der Waals surface area contributed by atoms with Crippen LogP contribution in [0.15, 0.2) is 42.5 Å². The van der Waals surface area contributed by atoms with Gasteiger partial charge in [0.25, 0.3) is 0 Å². The summed E-state index contributed by atoms with van der Waals surface area (Å²) >= 11 is 0. The van der Waals surface area contributed by atoms with Gasteiger partial charge in [-0.1, -0.05) is 36.4 Å². The number of allylic oxidation sites excluding steroid dienone is 1. The highest BCUT2D eigenvalue weighted by molar-refractivity contribution is 5.83. The number of aliphatic hydroxyl groups is 1. The van der Waals surface area contributed by atoms with Crippen LogP contribution >= 0.6 is 0 Å². The molecule has 4 heteroatoms. The van der Waals surface area contributed by atoms with Crippen molar-refractivity contribution in [3.05, 3.63) is 48.0 Å². The Kier molecular flexibility index (Phi) is 4.32. The van der Waals surface area contributed by atoms with E-state index in [1.54, 1.807) is 25.1 Å². The molecule has 3 heterocycles. The van der Waals surface area contributed by atoms with Gasteiger partial charge in [0.1, 0.15) is 6.10 Å². The molecule has 2 atom stereocenters. The molecular weight excluding hydrogens is 278 g/mol. The van der Waals surface area contributed by atoms with Gasteiger partial charge in [0.15, 0.2) is 0 Å². The van der Waals surface area contributed by atoms with Crippen LogP contribution in [0.5, 0.6) is 0 Å². The zero-order valence-electron chi connectivity index (χ0n) is 12.9. The molecule has 0 saturated carbocycles. The Labute approximate surface area is 131 Å². The third-order valence-corrected chi connectivity index (χ3v) is 4.79. The SMILES string of the molecule is CC=CC(O)(C(=O)OC1CN2CCC1CC2)c1ccccc1. The van der Waals surface area contributed by atoms with Crippen LogP contribution in [0, 0.1) is 5.92 Å². The quantitative estimate of drug-likeness (QED) is 0.683. The number of esters is 1. The van der Waals surface area contributed by atoms with Crippen molar-refractivity contribution in [2.75, 3.05) is 19.6 Å². The number of rotatable bonds is 4. The molecule has 3 aliphatic heterocycles. The number of fused-ring (bicyclic) bond motifs is 3. The van der Waals surface area contributed by atoms with Gasteiger partial charge in [-0.05, 0) is 50.4 Å². The summed E-state index contributed by atoms with van der Waals surface area (Å²) in [5.74, 6) is -0.143. The van der Waals surface area contributed by atoms with Crippen molar-refractivity contribution in [1.82, 2.24) is 4.90 Å². The maximum Gasteiger partial charge on any atom is 0.347 e. The monoisotopic (exact) mass is 301 g/mol. The highest BCUT2D eigenvalue weighted by Gasteiger charge is 2.42. The molecule has 3 saturated heterocycles. The fourth-order valence-electron chi connectivity index (χ4n) is 3.49. The van der Waals surface area contributed by atoms with E-state index in [0.717, 1.165) is 32.5 Å². The average molecular weight is 301 g/mol. The minimum absolute atomic E-state index is 0.101. The van der Waals surface area contributed by atoms with Crippen molar-refractivity contribution < 1.29 is 14.6 Å². The minimum atomic E-state index is -1.71. The maximum absolute atomic E-state index is 12.7. The molecule has 22 heavy (non-hydrogen) atoms. The largest absolute Gasteiger partial charge is 0.458 e. The first-order chi connectivity index (χ1) is 10.6. The summed E-state index contributed by atoms with van der Waals surface area (Å²) in [5.41, 5.74) is -1.17. The average Bonchev–Trinajstić information content (AvgIpc) is 2.57. The number of piperidine rings is 3. The lowest BCUT2D eigenvalue weighted by molar-refractivity contribution is -0.176. The molecule has 3 fully saturated rings. The number of carbonyl (C=O) groups excluding carboxylic acids is 1. The van der Waals surface area contributed by atoms with Crippen LogP contribution in [0.2, 0.25) is 0 Å². The van der Waals surface area contributed by atoms with Gasteiger partial charge in [0, 0.05) is 6.54 Å². The summed E-state index contributed by atoms with van der Waals surface area (Å²) in [6.07, 6.45) is 5.24. The smallest absolute Gasteiger partial charge is 0.347 e. The highest BCUT2D eigenvalue weighted by atomic mass is 16.6. The van der Waals surface area contributed by atoms with Crippen LogP contribution in [-0.4, -0.2) is 41.7 Å². The van der Waals surface area contributed by atoms with E-state index in [1.807, 2.05) is 18.2 Å². The van der Waals surface area contributed by atoms with Crippen LogP contribution < -0.4 is 0 Å². The van der Waals surface area contributed by atoms with Gasteiger partial charge in [-0.2, -0.15) is 0 Å². The van der Waals surface area contributed by atoms with Crippen LogP contribution in [0.4, 0.5) is 0 Å². The molecule has 0 aromatic heterocycles. The normalized spacial score (nSPS) is 30.2. The second kappa shape index (κ2) is 6.23. The fourth-order valence-corrected chi connectivity index (χ4v) is 3.49. The van der Waals surface area contributed by atoms with E-state index in [-0.39, 0.29) is 6.10 Å². The maximum atomic E-state index is 12.7. The topological polar surface area (TPSA) is 49.8 Å². The van der Waals surface area contributed by atoms with Crippen molar-refractivity contribution in [2.24, 2.45) is 5.92 Å². The van der Waals surface area contributed by atoms with E-state index >= 15 is 0 Å².